The third-order valence-electron chi connectivity index (χ3n) is 15.9. The Morgan fingerprint density at radius 3 is 1.90 bits per heavy atom. The Hall–Kier alpha value is -7.66. The van der Waals surface area contributed by atoms with Crippen LogP contribution in [0.3, 0.4) is 0 Å². The Morgan fingerprint density at radius 1 is 0.692 bits per heavy atom. The molecule has 0 radical (unpaired) electrons. The number of carbonyl (C=O) groups excluding carboxylic acids is 7. The zero-order chi connectivity index (χ0) is 65.4. The van der Waals surface area contributed by atoms with Crippen LogP contribution >= 0.6 is 15.9 Å². The summed E-state index contributed by atoms with van der Waals surface area (Å²) < 4.78 is 23.8. The van der Waals surface area contributed by atoms with E-state index in [-0.39, 0.29) is 141 Å². The number of piperidine rings is 1. The van der Waals surface area contributed by atoms with E-state index in [9.17, 15) is 48.3 Å². The molecule has 4 heterocycles. The van der Waals surface area contributed by atoms with Gasteiger partial charge in [-0.2, -0.15) is 5.10 Å². The Balaban J connectivity index is 0.770. The zero-order valence-electron chi connectivity index (χ0n) is 51.9. The minimum absolute atomic E-state index is 0.0247. The van der Waals surface area contributed by atoms with Gasteiger partial charge in [0.25, 0.3) is 5.91 Å². The molecule has 1 aliphatic carbocycles. The molecule has 1 saturated carbocycles. The molecule has 91 heavy (non-hydrogen) atoms. The van der Waals surface area contributed by atoms with Crippen molar-refractivity contribution in [3.05, 3.63) is 70.7 Å². The van der Waals surface area contributed by atoms with Crippen LogP contribution in [0, 0.1) is 12.3 Å². The number of likely N-dealkylation sites (tertiary alicyclic amines) is 1. The number of aryl methyl sites for hydroxylation is 1. The highest BCUT2D eigenvalue weighted by Crippen LogP contribution is 2.59. The number of amides is 7. The van der Waals surface area contributed by atoms with Crippen molar-refractivity contribution in [2.24, 2.45) is 11.1 Å². The number of aromatic nitrogens is 4. The smallest absolute Gasteiger partial charge is 0.326 e. The van der Waals surface area contributed by atoms with E-state index in [0.717, 1.165) is 57.1 Å². The van der Waals surface area contributed by atoms with Crippen LogP contribution in [0.1, 0.15) is 144 Å². The number of aliphatic carboxylic acids is 2. The Morgan fingerprint density at radius 2 is 1.30 bits per heavy atom. The van der Waals surface area contributed by atoms with Crippen LogP contribution in [-0.4, -0.2) is 179 Å². The molecule has 1 saturated heterocycles. The first-order valence-corrected chi connectivity index (χ1v) is 32.3. The lowest BCUT2D eigenvalue weighted by Crippen LogP contribution is -2.47. The second-order valence-electron chi connectivity index (χ2n) is 23.0. The monoisotopic (exact) mass is 1330 g/mol. The number of unbranched alkanes of at least 4 members (excludes halogenated alkanes) is 13. The van der Waals surface area contributed by atoms with Crippen molar-refractivity contribution in [2.45, 2.75) is 160 Å². The van der Waals surface area contributed by atoms with Crippen LogP contribution in [-0.2, 0) is 63.8 Å². The Kier molecular flexibility index (Phi) is 31.0. The van der Waals surface area contributed by atoms with E-state index in [4.69, 9.17) is 29.8 Å². The van der Waals surface area contributed by atoms with Crippen molar-refractivity contribution in [1.82, 2.24) is 45.9 Å². The molecule has 27 nitrogen and oxygen atoms in total. The van der Waals surface area contributed by atoms with E-state index in [0.29, 0.717) is 45.4 Å². The van der Waals surface area contributed by atoms with Gasteiger partial charge >= 0.3 is 11.9 Å². The van der Waals surface area contributed by atoms with Crippen LogP contribution < -0.4 is 37.6 Å². The van der Waals surface area contributed by atoms with Crippen molar-refractivity contribution in [1.29, 1.82) is 0 Å². The molecule has 498 valence electrons. The number of hydrogen-bond acceptors (Lipinski definition) is 17. The summed E-state index contributed by atoms with van der Waals surface area (Å²) in [6, 6.07) is 9.91. The number of anilines is 3. The molecule has 1 aromatic carbocycles. The van der Waals surface area contributed by atoms with Crippen molar-refractivity contribution in [3.8, 4) is 0 Å². The largest absolute Gasteiger partial charge is 0.481 e. The van der Waals surface area contributed by atoms with Gasteiger partial charge in [0.2, 0.25) is 35.4 Å². The number of carboxylic acid groups (broad SMARTS) is 2. The first kappa shape index (κ1) is 72.4. The van der Waals surface area contributed by atoms with E-state index in [1.54, 1.807) is 60.6 Å². The van der Waals surface area contributed by atoms with Crippen molar-refractivity contribution in [3.63, 3.8) is 0 Å². The van der Waals surface area contributed by atoms with Gasteiger partial charge in [-0.1, -0.05) is 83.1 Å². The normalized spacial score (nSPS) is 16.0. The predicted octanol–water partition coefficient (Wildman–Crippen LogP) is 5.83. The predicted molar refractivity (Wildman–Crippen MR) is 340 cm³/mol. The number of ether oxygens (including phenoxy) is 4. The van der Waals surface area contributed by atoms with E-state index >= 15 is 0 Å². The average Bonchev–Trinajstić information content (AvgIpc) is 1.54. The van der Waals surface area contributed by atoms with Gasteiger partial charge in [-0.3, -0.25) is 48.0 Å². The number of fused-ring (bicyclic) bond motifs is 2. The molecule has 0 bridgehead atoms. The third-order valence-corrected chi connectivity index (χ3v) is 16.3. The van der Waals surface area contributed by atoms with E-state index < -0.39 is 53.1 Å². The second-order valence-corrected chi connectivity index (χ2v) is 23.8. The molecule has 3 aromatic heterocycles. The van der Waals surface area contributed by atoms with Gasteiger partial charge in [0.05, 0.1) is 57.0 Å². The molecule has 0 spiro atoms. The van der Waals surface area contributed by atoms with Crippen LogP contribution in [0.25, 0.3) is 10.9 Å². The number of rotatable bonds is 47. The Bertz CT molecular complexity index is 3050. The van der Waals surface area contributed by atoms with Crippen LogP contribution in [0.2, 0.25) is 0 Å². The molecule has 6 rings (SSSR count). The fourth-order valence-electron chi connectivity index (χ4n) is 10.9. The molecular weight excluding hydrogens is 1240 g/mol. The van der Waals surface area contributed by atoms with Gasteiger partial charge in [-0.25, -0.2) is 9.78 Å². The molecule has 2 aliphatic rings. The number of halogens is 1. The maximum Gasteiger partial charge on any atom is 0.326 e. The van der Waals surface area contributed by atoms with Crippen molar-refractivity contribution in [2.75, 3.05) is 83.1 Å². The number of nitrogens with one attached hydrogen (secondary N) is 6. The summed E-state index contributed by atoms with van der Waals surface area (Å²) in [5, 5.41) is 40.1. The number of carbonyl (C=O) groups is 9. The average molecular weight is 1330 g/mol. The molecule has 7 amide bonds. The van der Waals surface area contributed by atoms with Gasteiger partial charge in [0, 0.05) is 67.6 Å². The molecule has 4 atom stereocenters. The van der Waals surface area contributed by atoms with Crippen LogP contribution in [0.4, 0.5) is 17.2 Å². The maximum absolute atomic E-state index is 14.4. The molecule has 2 fully saturated rings. The zero-order valence-corrected chi connectivity index (χ0v) is 53.5. The lowest BCUT2D eigenvalue weighted by molar-refractivity contribution is -0.142. The summed E-state index contributed by atoms with van der Waals surface area (Å²) in [7, 11) is 0. The van der Waals surface area contributed by atoms with Gasteiger partial charge in [-0.15, -0.1) is 0 Å². The summed E-state index contributed by atoms with van der Waals surface area (Å²) in [5.41, 5.74) is 7.70. The summed E-state index contributed by atoms with van der Waals surface area (Å²) in [6.45, 7) is 2.42. The number of benzene rings is 1. The standard InChI is InChI=1S/C63H89BrN12O15/c1-43-20-24-51(64)72-60(43)73-61(85)49-36-63(37-50(63)76(49)56(81)39-75-48-23-21-44(70-45-17-16-26-66-38-45)35-46(48)58(74-75)59(65)84)42-69-55(80)41-91-34-32-89-30-28-68-54(79)40-90-33-31-88-29-27-67-52(77)25-22-47(62(86)87)71-53(78)18-14-12-10-8-6-4-2-3-5-7-9-11-13-15-19-57(82)83/h16-17,20-21,23-24,26,35,38,47,49-50,70H,2-15,18-19,22,25,27-34,36-37,39-42H2,1H3,(H2,65,84)(H,67,77)(H,68,79)(H,69,80)(H,71,78)(H,82,83)(H,86,87)(H,72,73,85)/t47-,49-,50+,63-/m0/s1. The molecule has 1 aliphatic heterocycles. The van der Waals surface area contributed by atoms with Crippen molar-refractivity contribution < 1.29 is 72.3 Å². The summed E-state index contributed by atoms with van der Waals surface area (Å²) in [6.07, 6.45) is 19.3. The quantitative estimate of drug-likeness (QED) is 0.0185. The molecule has 4 aromatic rings. The fraction of sp³-hybridized carbons (Fsp3) is 0.587. The number of pyridine rings is 2. The fourth-order valence-corrected chi connectivity index (χ4v) is 11.2. The lowest BCUT2D eigenvalue weighted by Gasteiger charge is -2.27. The number of carboxylic acids is 2. The number of nitrogens with two attached hydrogens (primary N) is 1. The Labute approximate surface area is 538 Å². The van der Waals surface area contributed by atoms with Crippen LogP contribution in [0.5, 0.6) is 0 Å². The molecular formula is C63H89BrN12O15. The van der Waals surface area contributed by atoms with E-state index in [2.05, 4.69) is 62.9 Å². The van der Waals surface area contributed by atoms with Crippen molar-refractivity contribution >= 4 is 97.3 Å². The van der Waals surface area contributed by atoms with E-state index in [1.807, 2.05) is 6.07 Å². The summed E-state index contributed by atoms with van der Waals surface area (Å²) in [4.78, 5) is 124. The molecule has 10 N–H and O–H groups in total. The van der Waals surface area contributed by atoms with Gasteiger partial charge in [-0.05, 0) is 96.9 Å². The lowest BCUT2D eigenvalue weighted by atomic mass is 9.99. The SMILES string of the molecule is Cc1ccc(Br)nc1NC(=O)[C@@H]1C[C@@]2(CNC(=O)COCCOCCNC(=O)COCCOCCNC(=O)CC[C@H](NC(=O)CCCCCCCCCCCCCCCCC(=O)O)C(=O)O)C[C@H]2N1C(=O)Cn1nc(C(N)=O)c2cc(Nc3cccnc3)ccc21. The topological polar surface area (TPSA) is 376 Å². The first-order chi connectivity index (χ1) is 43.9. The second kappa shape index (κ2) is 38.9. The third kappa shape index (κ3) is 25.5. The maximum atomic E-state index is 14.4. The minimum atomic E-state index is -1.20. The summed E-state index contributed by atoms with van der Waals surface area (Å²) in [5.74, 6) is -4.73. The molecule has 28 heteroatoms. The number of hydrogen-bond donors (Lipinski definition) is 9. The highest BCUT2D eigenvalue weighted by molar-refractivity contribution is 9.10. The number of nitrogens with zero attached hydrogens (tertiary/aromatic N) is 5. The van der Waals surface area contributed by atoms with Gasteiger partial charge in [0.1, 0.15) is 42.3 Å². The van der Waals surface area contributed by atoms with Crippen LogP contribution in [0.15, 0.2) is 59.5 Å². The first-order valence-electron chi connectivity index (χ1n) is 31.5. The van der Waals surface area contributed by atoms with E-state index in [1.165, 1.54) is 36.8 Å². The van der Waals surface area contributed by atoms with Gasteiger partial charge < -0.3 is 71.7 Å². The van der Waals surface area contributed by atoms with Gasteiger partial charge in [0.15, 0.2) is 5.69 Å². The highest BCUT2D eigenvalue weighted by atomic mass is 79.9. The molecule has 0 unspecified atom stereocenters. The number of primary amides is 1. The minimum Gasteiger partial charge on any atom is -0.481 e. The highest BCUT2D eigenvalue weighted by Gasteiger charge is 2.67. The summed E-state index contributed by atoms with van der Waals surface area (Å²) >= 11 is 3.36.